The number of hydrogen-bond acceptors (Lipinski definition) is 5. The zero-order valence-electron chi connectivity index (χ0n) is 11.0. The lowest BCUT2D eigenvalue weighted by Gasteiger charge is -2.31. The third-order valence-electron chi connectivity index (χ3n) is 3.64. The SMILES string of the molecule is OCC1CNCCCN1c1ccc2c(c1)OCCO2. The fourth-order valence-corrected chi connectivity index (χ4v) is 2.65. The van der Waals surface area contributed by atoms with Gasteiger partial charge in [-0.3, -0.25) is 0 Å². The number of rotatable bonds is 2. The summed E-state index contributed by atoms with van der Waals surface area (Å²) in [5.74, 6) is 1.61. The standard InChI is InChI=1S/C14H20N2O3/c17-10-12-9-15-4-1-5-16(12)11-2-3-13-14(8-11)19-7-6-18-13/h2-3,8,12,15,17H,1,4-7,9-10H2. The number of benzene rings is 1. The lowest BCUT2D eigenvalue weighted by molar-refractivity contribution is 0.171. The molecular weight excluding hydrogens is 244 g/mol. The molecule has 2 N–H and O–H groups in total. The van der Waals surface area contributed by atoms with E-state index in [1.165, 1.54) is 0 Å². The van der Waals surface area contributed by atoms with E-state index in [1.54, 1.807) is 0 Å². The maximum Gasteiger partial charge on any atom is 0.163 e. The number of anilines is 1. The Balaban J connectivity index is 1.86. The number of aliphatic hydroxyl groups is 1. The van der Waals surface area contributed by atoms with Crippen molar-refractivity contribution < 1.29 is 14.6 Å². The van der Waals surface area contributed by atoms with Crippen LogP contribution in [-0.4, -0.2) is 50.6 Å². The molecule has 2 aliphatic rings. The zero-order chi connectivity index (χ0) is 13.1. The van der Waals surface area contributed by atoms with Gasteiger partial charge in [0.1, 0.15) is 13.2 Å². The van der Waals surface area contributed by atoms with E-state index in [0.29, 0.717) is 13.2 Å². The van der Waals surface area contributed by atoms with Gasteiger partial charge in [0.05, 0.1) is 12.6 Å². The molecule has 0 saturated carbocycles. The minimum Gasteiger partial charge on any atom is -0.486 e. The van der Waals surface area contributed by atoms with E-state index < -0.39 is 0 Å². The lowest BCUT2D eigenvalue weighted by Crippen LogP contribution is -2.42. The molecule has 0 amide bonds. The topological polar surface area (TPSA) is 54.0 Å². The van der Waals surface area contributed by atoms with Crippen LogP contribution >= 0.6 is 0 Å². The highest BCUT2D eigenvalue weighted by Crippen LogP contribution is 2.34. The summed E-state index contributed by atoms with van der Waals surface area (Å²) < 4.78 is 11.2. The van der Waals surface area contributed by atoms with Crippen LogP contribution in [0.15, 0.2) is 18.2 Å². The van der Waals surface area contributed by atoms with Crippen molar-refractivity contribution in [3.8, 4) is 11.5 Å². The van der Waals surface area contributed by atoms with Gasteiger partial charge in [-0.05, 0) is 25.1 Å². The highest BCUT2D eigenvalue weighted by molar-refractivity contribution is 5.57. The van der Waals surface area contributed by atoms with Crippen LogP contribution in [0.3, 0.4) is 0 Å². The van der Waals surface area contributed by atoms with Crippen LogP contribution in [0.5, 0.6) is 11.5 Å². The predicted octanol–water partition coefficient (Wildman–Crippen LogP) is 0.618. The quantitative estimate of drug-likeness (QED) is 0.820. The molecule has 1 unspecified atom stereocenters. The number of nitrogens with one attached hydrogen (secondary N) is 1. The van der Waals surface area contributed by atoms with Gasteiger partial charge in [-0.2, -0.15) is 0 Å². The van der Waals surface area contributed by atoms with E-state index in [2.05, 4.69) is 10.2 Å². The van der Waals surface area contributed by atoms with Crippen molar-refractivity contribution in [1.29, 1.82) is 0 Å². The van der Waals surface area contributed by atoms with Gasteiger partial charge in [-0.25, -0.2) is 0 Å². The molecule has 2 heterocycles. The van der Waals surface area contributed by atoms with Gasteiger partial charge in [0, 0.05) is 24.8 Å². The number of ether oxygens (including phenoxy) is 2. The summed E-state index contributed by atoms with van der Waals surface area (Å²) in [6, 6.07) is 6.13. The summed E-state index contributed by atoms with van der Waals surface area (Å²) in [6.07, 6.45) is 1.07. The second-order valence-electron chi connectivity index (χ2n) is 4.92. The number of hydrogen-bond donors (Lipinski definition) is 2. The van der Waals surface area contributed by atoms with Crippen molar-refractivity contribution in [2.45, 2.75) is 12.5 Å². The minimum atomic E-state index is 0.116. The summed E-state index contributed by atoms with van der Waals surface area (Å²) in [4.78, 5) is 2.25. The summed E-state index contributed by atoms with van der Waals surface area (Å²) in [5.41, 5.74) is 1.09. The van der Waals surface area contributed by atoms with Crippen molar-refractivity contribution in [2.75, 3.05) is 44.4 Å². The van der Waals surface area contributed by atoms with Crippen LogP contribution in [0.1, 0.15) is 6.42 Å². The number of nitrogens with zero attached hydrogens (tertiary/aromatic N) is 1. The molecule has 0 radical (unpaired) electrons. The van der Waals surface area contributed by atoms with E-state index in [1.807, 2.05) is 18.2 Å². The van der Waals surface area contributed by atoms with E-state index in [4.69, 9.17) is 9.47 Å². The van der Waals surface area contributed by atoms with Crippen molar-refractivity contribution in [3.05, 3.63) is 18.2 Å². The van der Waals surface area contributed by atoms with E-state index >= 15 is 0 Å². The number of fused-ring (bicyclic) bond motifs is 1. The van der Waals surface area contributed by atoms with Crippen molar-refractivity contribution >= 4 is 5.69 Å². The first-order chi connectivity index (χ1) is 9.38. The zero-order valence-corrected chi connectivity index (χ0v) is 11.0. The molecule has 104 valence electrons. The maximum absolute atomic E-state index is 9.55. The van der Waals surface area contributed by atoms with Crippen LogP contribution in [0.4, 0.5) is 5.69 Å². The van der Waals surface area contributed by atoms with E-state index in [0.717, 1.165) is 43.2 Å². The van der Waals surface area contributed by atoms with Crippen LogP contribution < -0.4 is 19.7 Å². The Labute approximate surface area is 113 Å². The normalized spacial score (nSPS) is 23.0. The molecule has 5 heteroatoms. The first-order valence-electron chi connectivity index (χ1n) is 6.86. The van der Waals surface area contributed by atoms with Crippen molar-refractivity contribution in [3.63, 3.8) is 0 Å². The van der Waals surface area contributed by atoms with Gasteiger partial charge in [0.25, 0.3) is 0 Å². The fraction of sp³-hybridized carbons (Fsp3) is 0.571. The molecule has 1 aromatic carbocycles. The highest BCUT2D eigenvalue weighted by Gasteiger charge is 2.22. The van der Waals surface area contributed by atoms with Crippen molar-refractivity contribution in [1.82, 2.24) is 5.32 Å². The first kappa shape index (κ1) is 12.6. The van der Waals surface area contributed by atoms with E-state index in [-0.39, 0.29) is 12.6 Å². The number of aliphatic hydroxyl groups excluding tert-OH is 1. The molecule has 1 atom stereocenters. The summed E-state index contributed by atoms with van der Waals surface area (Å²) in [7, 11) is 0. The molecule has 5 nitrogen and oxygen atoms in total. The summed E-state index contributed by atoms with van der Waals surface area (Å²) in [5, 5.41) is 12.9. The van der Waals surface area contributed by atoms with Gasteiger partial charge in [0.2, 0.25) is 0 Å². The molecule has 19 heavy (non-hydrogen) atoms. The Hall–Kier alpha value is -1.46. The molecule has 0 aromatic heterocycles. The molecule has 0 bridgehead atoms. The molecule has 1 aromatic rings. The summed E-state index contributed by atoms with van der Waals surface area (Å²) in [6.45, 7) is 4.11. The molecule has 1 fully saturated rings. The molecule has 3 rings (SSSR count). The monoisotopic (exact) mass is 264 g/mol. The highest BCUT2D eigenvalue weighted by atomic mass is 16.6. The maximum atomic E-state index is 9.55. The first-order valence-corrected chi connectivity index (χ1v) is 6.86. The Kier molecular flexibility index (Phi) is 3.75. The van der Waals surface area contributed by atoms with Gasteiger partial charge in [0.15, 0.2) is 11.5 Å². The molecule has 0 spiro atoms. The van der Waals surface area contributed by atoms with E-state index in [9.17, 15) is 5.11 Å². The average Bonchev–Trinajstić information content (AvgIpc) is 2.72. The largest absolute Gasteiger partial charge is 0.486 e. The minimum absolute atomic E-state index is 0.116. The second kappa shape index (κ2) is 5.67. The third kappa shape index (κ3) is 2.62. The Bertz CT molecular complexity index is 439. The molecule has 1 saturated heterocycles. The van der Waals surface area contributed by atoms with Gasteiger partial charge in [-0.15, -0.1) is 0 Å². The van der Waals surface area contributed by atoms with Gasteiger partial charge < -0.3 is 24.8 Å². The smallest absolute Gasteiger partial charge is 0.163 e. The Morgan fingerprint density at radius 3 is 2.95 bits per heavy atom. The molecule has 0 aliphatic carbocycles. The second-order valence-corrected chi connectivity index (χ2v) is 4.92. The average molecular weight is 264 g/mol. The van der Waals surface area contributed by atoms with Gasteiger partial charge >= 0.3 is 0 Å². The van der Waals surface area contributed by atoms with Crippen LogP contribution in [0.2, 0.25) is 0 Å². The Morgan fingerprint density at radius 2 is 2.11 bits per heavy atom. The van der Waals surface area contributed by atoms with Crippen molar-refractivity contribution in [2.24, 2.45) is 0 Å². The third-order valence-corrected chi connectivity index (χ3v) is 3.64. The fourth-order valence-electron chi connectivity index (χ4n) is 2.65. The van der Waals surface area contributed by atoms with Crippen LogP contribution in [-0.2, 0) is 0 Å². The lowest BCUT2D eigenvalue weighted by atomic mass is 10.2. The van der Waals surface area contributed by atoms with Gasteiger partial charge in [-0.1, -0.05) is 0 Å². The van der Waals surface area contributed by atoms with Crippen LogP contribution in [0, 0.1) is 0 Å². The summed E-state index contributed by atoms with van der Waals surface area (Å²) >= 11 is 0. The molecular formula is C14H20N2O3. The Morgan fingerprint density at radius 1 is 1.26 bits per heavy atom. The molecule has 2 aliphatic heterocycles. The van der Waals surface area contributed by atoms with Crippen LogP contribution in [0.25, 0.3) is 0 Å². The predicted molar refractivity (Wildman–Crippen MR) is 73.1 cm³/mol.